The zero-order chi connectivity index (χ0) is 15.4. The van der Waals surface area contributed by atoms with Crippen molar-refractivity contribution < 1.29 is 4.79 Å². The number of thiocarbonyl (C=S) groups is 1. The predicted octanol–water partition coefficient (Wildman–Crippen LogP) is 3.21. The molecule has 0 atom stereocenters. The van der Waals surface area contributed by atoms with Crippen molar-refractivity contribution in [1.82, 2.24) is 5.32 Å². The second-order valence-corrected chi connectivity index (χ2v) is 5.50. The maximum atomic E-state index is 12.1. The topological polar surface area (TPSA) is 55.1 Å². The molecule has 0 aliphatic carbocycles. The monoisotopic (exact) mass is 318 g/mol. The lowest BCUT2D eigenvalue weighted by molar-refractivity contribution is 0.0951. The summed E-state index contributed by atoms with van der Waals surface area (Å²) < 4.78 is 0. The molecule has 0 aromatic heterocycles. The van der Waals surface area contributed by atoms with Crippen molar-refractivity contribution in [2.45, 2.75) is 13.5 Å². The van der Waals surface area contributed by atoms with Gasteiger partial charge in [0.2, 0.25) is 0 Å². The van der Waals surface area contributed by atoms with E-state index in [0.717, 1.165) is 16.7 Å². The Morgan fingerprint density at radius 2 is 1.90 bits per heavy atom. The summed E-state index contributed by atoms with van der Waals surface area (Å²) in [6.45, 7) is 2.29. The Morgan fingerprint density at radius 3 is 2.52 bits per heavy atom. The number of amides is 1. The van der Waals surface area contributed by atoms with Crippen LogP contribution in [0.5, 0.6) is 0 Å². The number of carbonyl (C=O) groups is 1. The van der Waals surface area contributed by atoms with Gasteiger partial charge in [0, 0.05) is 12.1 Å². The Balaban J connectivity index is 2.04. The van der Waals surface area contributed by atoms with Crippen LogP contribution in [-0.2, 0) is 6.54 Å². The molecule has 0 heterocycles. The minimum absolute atomic E-state index is 0.192. The summed E-state index contributed by atoms with van der Waals surface area (Å²) in [7, 11) is 0. The van der Waals surface area contributed by atoms with E-state index in [4.69, 9.17) is 29.6 Å². The molecule has 108 valence electrons. The maximum Gasteiger partial charge on any atom is 0.253 e. The van der Waals surface area contributed by atoms with E-state index in [1.54, 1.807) is 6.07 Å². The lowest BCUT2D eigenvalue weighted by atomic mass is 10.1. The van der Waals surface area contributed by atoms with E-state index >= 15 is 0 Å². The van der Waals surface area contributed by atoms with Crippen molar-refractivity contribution in [2.75, 3.05) is 0 Å². The lowest BCUT2D eigenvalue weighted by Gasteiger charge is -2.09. The smallest absolute Gasteiger partial charge is 0.253 e. The van der Waals surface area contributed by atoms with Crippen molar-refractivity contribution in [3.8, 4) is 0 Å². The molecule has 0 spiro atoms. The van der Waals surface area contributed by atoms with Gasteiger partial charge in [0.25, 0.3) is 5.91 Å². The molecule has 2 aromatic carbocycles. The molecule has 3 N–H and O–H groups in total. The van der Waals surface area contributed by atoms with E-state index in [1.807, 2.05) is 43.3 Å². The van der Waals surface area contributed by atoms with Gasteiger partial charge in [-0.15, -0.1) is 0 Å². The van der Waals surface area contributed by atoms with Crippen LogP contribution in [0.2, 0.25) is 5.02 Å². The number of hydrogen-bond donors (Lipinski definition) is 2. The Morgan fingerprint density at radius 1 is 1.24 bits per heavy atom. The summed E-state index contributed by atoms with van der Waals surface area (Å²) in [6, 6.07) is 12.8. The van der Waals surface area contributed by atoms with Crippen molar-refractivity contribution in [2.24, 2.45) is 5.73 Å². The number of nitrogens with one attached hydrogen (secondary N) is 1. The van der Waals surface area contributed by atoms with Crippen LogP contribution in [0.1, 0.15) is 27.0 Å². The molecule has 0 aliphatic rings. The Bertz CT molecular complexity index is 683. The third-order valence-corrected chi connectivity index (χ3v) is 3.87. The summed E-state index contributed by atoms with van der Waals surface area (Å²) in [6.07, 6.45) is 0. The van der Waals surface area contributed by atoms with Crippen molar-refractivity contribution >= 4 is 34.7 Å². The van der Waals surface area contributed by atoms with Gasteiger partial charge in [-0.3, -0.25) is 4.79 Å². The normalized spacial score (nSPS) is 10.2. The minimum atomic E-state index is -0.192. The lowest BCUT2D eigenvalue weighted by Crippen LogP contribution is -2.23. The van der Waals surface area contributed by atoms with Gasteiger partial charge >= 0.3 is 0 Å². The summed E-state index contributed by atoms with van der Waals surface area (Å²) in [5.41, 5.74) is 8.67. The van der Waals surface area contributed by atoms with E-state index in [1.165, 1.54) is 0 Å². The van der Waals surface area contributed by atoms with Crippen LogP contribution in [0.25, 0.3) is 0 Å². The molecule has 0 fully saturated rings. The number of carbonyl (C=O) groups excluding carboxylic acids is 1. The maximum absolute atomic E-state index is 12.1. The van der Waals surface area contributed by atoms with Crippen LogP contribution in [0.15, 0.2) is 42.5 Å². The Kier molecular flexibility index (Phi) is 4.94. The second-order valence-electron chi connectivity index (χ2n) is 4.68. The summed E-state index contributed by atoms with van der Waals surface area (Å²) in [4.78, 5) is 12.5. The number of benzene rings is 2. The van der Waals surface area contributed by atoms with Gasteiger partial charge in [0.1, 0.15) is 4.99 Å². The standard InChI is InChI=1S/C16H15ClN2OS/c1-10-3-2-4-13(14(10)17)16(20)19-9-11-5-7-12(8-6-11)15(18)21/h2-8H,9H2,1H3,(H2,18,21)(H,19,20). The molecule has 21 heavy (non-hydrogen) atoms. The molecule has 3 nitrogen and oxygen atoms in total. The number of halogens is 1. The highest BCUT2D eigenvalue weighted by Gasteiger charge is 2.11. The largest absolute Gasteiger partial charge is 0.389 e. The summed E-state index contributed by atoms with van der Waals surface area (Å²) in [5, 5.41) is 3.33. The highest BCUT2D eigenvalue weighted by molar-refractivity contribution is 7.80. The molecular formula is C16H15ClN2OS. The highest BCUT2D eigenvalue weighted by Crippen LogP contribution is 2.20. The molecule has 0 bridgehead atoms. The van der Waals surface area contributed by atoms with E-state index in [2.05, 4.69) is 5.32 Å². The van der Waals surface area contributed by atoms with E-state index in [0.29, 0.717) is 22.1 Å². The molecule has 2 aromatic rings. The number of hydrogen-bond acceptors (Lipinski definition) is 2. The highest BCUT2D eigenvalue weighted by atomic mass is 35.5. The van der Waals surface area contributed by atoms with Crippen LogP contribution >= 0.6 is 23.8 Å². The fourth-order valence-corrected chi connectivity index (χ4v) is 2.24. The Labute approximate surface area is 134 Å². The van der Waals surface area contributed by atoms with Crippen LogP contribution in [0.4, 0.5) is 0 Å². The first-order chi connectivity index (χ1) is 9.99. The fraction of sp³-hybridized carbons (Fsp3) is 0.125. The van der Waals surface area contributed by atoms with Crippen molar-refractivity contribution in [3.05, 3.63) is 69.7 Å². The third-order valence-electron chi connectivity index (χ3n) is 3.13. The first-order valence-corrected chi connectivity index (χ1v) is 7.19. The molecular weight excluding hydrogens is 304 g/mol. The third kappa shape index (κ3) is 3.80. The number of rotatable bonds is 4. The average Bonchev–Trinajstić information content (AvgIpc) is 2.48. The van der Waals surface area contributed by atoms with Crippen LogP contribution in [0.3, 0.4) is 0 Å². The van der Waals surface area contributed by atoms with Gasteiger partial charge in [0.05, 0.1) is 10.6 Å². The molecule has 0 saturated heterocycles. The first-order valence-electron chi connectivity index (χ1n) is 6.41. The second kappa shape index (κ2) is 6.70. The summed E-state index contributed by atoms with van der Waals surface area (Å²) in [5.74, 6) is -0.192. The van der Waals surface area contributed by atoms with E-state index < -0.39 is 0 Å². The molecule has 0 saturated carbocycles. The summed E-state index contributed by atoms with van der Waals surface area (Å²) >= 11 is 11.0. The van der Waals surface area contributed by atoms with E-state index in [9.17, 15) is 4.79 Å². The SMILES string of the molecule is Cc1cccc(C(=O)NCc2ccc(C(N)=S)cc2)c1Cl. The minimum Gasteiger partial charge on any atom is -0.389 e. The van der Waals surface area contributed by atoms with Gasteiger partial charge in [-0.2, -0.15) is 0 Å². The number of aryl methyl sites for hydroxylation is 1. The molecule has 0 aliphatic heterocycles. The quantitative estimate of drug-likeness (QED) is 0.851. The molecule has 2 rings (SSSR count). The molecule has 5 heteroatoms. The first kappa shape index (κ1) is 15.5. The van der Waals surface area contributed by atoms with Crippen LogP contribution in [-0.4, -0.2) is 10.9 Å². The molecule has 1 amide bonds. The van der Waals surface area contributed by atoms with Crippen molar-refractivity contribution in [3.63, 3.8) is 0 Å². The van der Waals surface area contributed by atoms with Crippen molar-refractivity contribution in [1.29, 1.82) is 0 Å². The van der Waals surface area contributed by atoms with Crippen LogP contribution in [0, 0.1) is 6.92 Å². The van der Waals surface area contributed by atoms with Crippen LogP contribution < -0.4 is 11.1 Å². The molecule has 0 radical (unpaired) electrons. The van der Waals surface area contributed by atoms with E-state index in [-0.39, 0.29) is 5.91 Å². The van der Waals surface area contributed by atoms with Gasteiger partial charge in [0.15, 0.2) is 0 Å². The van der Waals surface area contributed by atoms with Gasteiger partial charge in [-0.05, 0) is 24.1 Å². The van der Waals surface area contributed by atoms with Gasteiger partial charge < -0.3 is 11.1 Å². The fourth-order valence-electron chi connectivity index (χ4n) is 1.89. The zero-order valence-corrected chi connectivity index (χ0v) is 13.1. The average molecular weight is 319 g/mol. The van der Waals surface area contributed by atoms with Gasteiger partial charge in [-0.25, -0.2) is 0 Å². The van der Waals surface area contributed by atoms with Gasteiger partial charge in [-0.1, -0.05) is 60.2 Å². The molecule has 0 unspecified atom stereocenters. The predicted molar refractivity (Wildman–Crippen MR) is 89.7 cm³/mol. The Hall–Kier alpha value is -1.91. The zero-order valence-electron chi connectivity index (χ0n) is 11.5. The number of nitrogens with two attached hydrogens (primary N) is 1.